The Kier molecular flexibility index (Phi) is 2.50. The fraction of sp³-hybridized carbons (Fsp3) is 0. The molecule has 2 heterocycles. The third-order valence-electron chi connectivity index (χ3n) is 4.18. The molecular weight excluding hydrogens is 284 g/mol. The summed E-state index contributed by atoms with van der Waals surface area (Å²) in [5.74, 6) is 0. The van der Waals surface area contributed by atoms with Crippen LogP contribution in [0, 0.1) is 0 Å². The molecule has 0 bridgehead atoms. The number of fused-ring (bicyclic) bond motifs is 4. The lowest BCUT2D eigenvalue weighted by molar-refractivity contribution is 0.667. The second kappa shape index (κ2) is 4.65. The van der Waals surface area contributed by atoms with E-state index in [1.165, 1.54) is 10.8 Å². The van der Waals surface area contributed by atoms with Crippen molar-refractivity contribution in [2.75, 3.05) is 0 Å². The summed E-state index contributed by atoms with van der Waals surface area (Å²) >= 11 is 0. The highest BCUT2D eigenvalue weighted by molar-refractivity contribution is 6.06. The molecule has 0 radical (unpaired) electrons. The van der Waals surface area contributed by atoms with Gasteiger partial charge in [0.1, 0.15) is 23.1 Å². The van der Waals surface area contributed by atoms with Gasteiger partial charge in [0, 0.05) is 10.9 Å². The van der Waals surface area contributed by atoms with Crippen molar-refractivity contribution in [1.82, 2.24) is 9.97 Å². The van der Waals surface area contributed by atoms with Crippen LogP contribution in [0.25, 0.3) is 44.1 Å². The molecule has 0 aliphatic rings. The Labute approximate surface area is 132 Å². The number of rotatable bonds is 1. The van der Waals surface area contributed by atoms with Crippen LogP contribution in [-0.2, 0) is 0 Å². The van der Waals surface area contributed by atoms with E-state index < -0.39 is 0 Å². The SMILES string of the molecule is c1ccc2cc(-c3ncnc4c3oc3ccccc34)ccc2c1. The molecule has 3 heteroatoms. The van der Waals surface area contributed by atoms with Crippen LogP contribution in [0.1, 0.15) is 0 Å². The Hall–Kier alpha value is -3.20. The summed E-state index contributed by atoms with van der Waals surface area (Å²) in [6, 6.07) is 22.6. The van der Waals surface area contributed by atoms with E-state index in [0.717, 1.165) is 33.3 Å². The Morgan fingerprint density at radius 3 is 2.52 bits per heavy atom. The molecular formula is C20H12N2O. The minimum absolute atomic E-state index is 0.740. The monoisotopic (exact) mass is 296 g/mol. The molecule has 0 aliphatic heterocycles. The van der Waals surface area contributed by atoms with E-state index in [0.29, 0.717) is 0 Å². The average molecular weight is 296 g/mol. The fourth-order valence-corrected chi connectivity index (χ4v) is 3.07. The van der Waals surface area contributed by atoms with Crippen molar-refractivity contribution in [3.8, 4) is 11.3 Å². The summed E-state index contributed by atoms with van der Waals surface area (Å²) in [5, 5.41) is 3.42. The molecule has 0 atom stereocenters. The van der Waals surface area contributed by atoms with Gasteiger partial charge >= 0.3 is 0 Å². The highest BCUT2D eigenvalue weighted by Gasteiger charge is 2.14. The topological polar surface area (TPSA) is 38.9 Å². The van der Waals surface area contributed by atoms with Crippen LogP contribution >= 0.6 is 0 Å². The maximum absolute atomic E-state index is 6.03. The normalized spacial score (nSPS) is 11.5. The van der Waals surface area contributed by atoms with Crippen LogP contribution in [0.4, 0.5) is 0 Å². The van der Waals surface area contributed by atoms with E-state index >= 15 is 0 Å². The summed E-state index contributed by atoms with van der Waals surface area (Å²) in [6.07, 6.45) is 1.61. The number of furan rings is 1. The van der Waals surface area contributed by atoms with Crippen LogP contribution in [0.3, 0.4) is 0 Å². The zero-order valence-electron chi connectivity index (χ0n) is 12.2. The van der Waals surface area contributed by atoms with Gasteiger partial charge in [-0.1, -0.05) is 48.5 Å². The van der Waals surface area contributed by atoms with E-state index in [1.807, 2.05) is 36.4 Å². The molecule has 0 spiro atoms. The fourth-order valence-electron chi connectivity index (χ4n) is 3.07. The molecule has 108 valence electrons. The van der Waals surface area contributed by atoms with Crippen molar-refractivity contribution in [3.05, 3.63) is 73.1 Å². The van der Waals surface area contributed by atoms with E-state index in [4.69, 9.17) is 4.42 Å². The molecule has 2 aromatic heterocycles. The van der Waals surface area contributed by atoms with Crippen LogP contribution in [0.2, 0.25) is 0 Å². The van der Waals surface area contributed by atoms with Gasteiger partial charge in [0.2, 0.25) is 0 Å². The van der Waals surface area contributed by atoms with E-state index in [-0.39, 0.29) is 0 Å². The van der Waals surface area contributed by atoms with E-state index in [9.17, 15) is 0 Å². The van der Waals surface area contributed by atoms with E-state index in [2.05, 4.69) is 40.3 Å². The van der Waals surface area contributed by atoms with Gasteiger partial charge in [-0.05, 0) is 29.0 Å². The summed E-state index contributed by atoms with van der Waals surface area (Å²) in [6.45, 7) is 0. The Morgan fingerprint density at radius 2 is 1.57 bits per heavy atom. The first-order valence-electron chi connectivity index (χ1n) is 7.51. The molecule has 3 nitrogen and oxygen atoms in total. The van der Waals surface area contributed by atoms with Gasteiger partial charge in [0.25, 0.3) is 0 Å². The van der Waals surface area contributed by atoms with Gasteiger partial charge in [0.15, 0.2) is 5.58 Å². The third-order valence-corrected chi connectivity index (χ3v) is 4.18. The first-order valence-corrected chi connectivity index (χ1v) is 7.51. The highest BCUT2D eigenvalue weighted by Crippen LogP contribution is 2.33. The van der Waals surface area contributed by atoms with Crippen LogP contribution < -0.4 is 0 Å². The quantitative estimate of drug-likeness (QED) is 0.427. The highest BCUT2D eigenvalue weighted by atomic mass is 16.3. The lowest BCUT2D eigenvalue weighted by Crippen LogP contribution is -1.86. The largest absolute Gasteiger partial charge is 0.452 e. The first kappa shape index (κ1) is 12.4. The molecule has 0 saturated carbocycles. The Bertz CT molecular complexity index is 1170. The minimum atomic E-state index is 0.740. The van der Waals surface area contributed by atoms with Crippen LogP contribution in [0.15, 0.2) is 77.5 Å². The third kappa shape index (κ3) is 1.83. The predicted molar refractivity (Wildman–Crippen MR) is 92.3 cm³/mol. The van der Waals surface area contributed by atoms with Gasteiger partial charge in [-0.15, -0.1) is 0 Å². The van der Waals surface area contributed by atoms with Gasteiger partial charge < -0.3 is 4.42 Å². The second-order valence-electron chi connectivity index (χ2n) is 5.56. The number of nitrogens with zero attached hydrogens (tertiary/aromatic N) is 2. The van der Waals surface area contributed by atoms with Crippen molar-refractivity contribution in [1.29, 1.82) is 0 Å². The molecule has 3 aromatic carbocycles. The smallest absolute Gasteiger partial charge is 0.180 e. The second-order valence-corrected chi connectivity index (χ2v) is 5.56. The first-order chi connectivity index (χ1) is 11.4. The maximum atomic E-state index is 6.03. The summed E-state index contributed by atoms with van der Waals surface area (Å²) in [5.41, 5.74) is 4.31. The number of aromatic nitrogens is 2. The van der Waals surface area contributed by atoms with Crippen molar-refractivity contribution >= 4 is 32.8 Å². The number of hydrogen-bond donors (Lipinski definition) is 0. The van der Waals surface area contributed by atoms with Gasteiger partial charge in [0.05, 0.1) is 0 Å². The summed E-state index contributed by atoms with van der Waals surface area (Å²) < 4.78 is 6.03. The molecule has 0 amide bonds. The summed E-state index contributed by atoms with van der Waals surface area (Å²) in [4.78, 5) is 8.89. The zero-order chi connectivity index (χ0) is 15.2. The van der Waals surface area contributed by atoms with Crippen LogP contribution in [-0.4, -0.2) is 9.97 Å². The number of hydrogen-bond acceptors (Lipinski definition) is 3. The standard InChI is InChI=1S/C20H12N2O/c1-2-6-14-11-15(10-9-13(14)5-1)18-20-19(22-12-21-18)16-7-3-4-8-17(16)23-20/h1-12H. The zero-order valence-corrected chi connectivity index (χ0v) is 12.2. The number of para-hydroxylation sites is 1. The average Bonchev–Trinajstić information content (AvgIpc) is 3.00. The van der Waals surface area contributed by atoms with Crippen molar-refractivity contribution in [3.63, 3.8) is 0 Å². The minimum Gasteiger partial charge on any atom is -0.452 e. The molecule has 0 N–H and O–H groups in total. The van der Waals surface area contributed by atoms with Gasteiger partial charge in [-0.3, -0.25) is 0 Å². The molecule has 0 unspecified atom stereocenters. The molecule has 0 saturated heterocycles. The van der Waals surface area contributed by atoms with Crippen molar-refractivity contribution < 1.29 is 4.42 Å². The maximum Gasteiger partial charge on any atom is 0.180 e. The van der Waals surface area contributed by atoms with Crippen LogP contribution in [0.5, 0.6) is 0 Å². The van der Waals surface area contributed by atoms with Crippen molar-refractivity contribution in [2.45, 2.75) is 0 Å². The molecule has 5 rings (SSSR count). The molecule has 5 aromatic rings. The lowest BCUT2D eigenvalue weighted by Gasteiger charge is -2.03. The van der Waals surface area contributed by atoms with Gasteiger partial charge in [-0.25, -0.2) is 9.97 Å². The Balaban J connectivity index is 1.84. The Morgan fingerprint density at radius 1 is 0.739 bits per heavy atom. The number of benzene rings is 3. The molecule has 23 heavy (non-hydrogen) atoms. The summed E-state index contributed by atoms with van der Waals surface area (Å²) in [7, 11) is 0. The van der Waals surface area contributed by atoms with Gasteiger partial charge in [-0.2, -0.15) is 0 Å². The molecule has 0 fully saturated rings. The lowest BCUT2D eigenvalue weighted by atomic mass is 10.0. The van der Waals surface area contributed by atoms with Crippen molar-refractivity contribution in [2.24, 2.45) is 0 Å². The predicted octanol–water partition coefficient (Wildman–Crippen LogP) is 5.20. The van der Waals surface area contributed by atoms with E-state index in [1.54, 1.807) is 6.33 Å². The molecule has 0 aliphatic carbocycles.